The number of para-hydroxylation sites is 1. The summed E-state index contributed by atoms with van der Waals surface area (Å²) in [6, 6.07) is 8.02. The van der Waals surface area contributed by atoms with E-state index in [9.17, 15) is 5.11 Å². The number of furan rings is 1. The summed E-state index contributed by atoms with van der Waals surface area (Å²) in [5.74, 6) is 0. The van der Waals surface area contributed by atoms with Gasteiger partial charge >= 0.3 is 0 Å². The summed E-state index contributed by atoms with van der Waals surface area (Å²) < 4.78 is 5.41. The average molecular weight is 188 g/mol. The van der Waals surface area contributed by atoms with Crippen LogP contribution in [0.5, 0.6) is 0 Å². The van der Waals surface area contributed by atoms with Gasteiger partial charge in [-0.05, 0) is 24.5 Å². The van der Waals surface area contributed by atoms with Crippen molar-refractivity contribution in [3.05, 3.63) is 36.1 Å². The Balaban J connectivity index is 2.06. The minimum absolute atomic E-state index is 0.443. The van der Waals surface area contributed by atoms with Gasteiger partial charge in [-0.25, -0.2) is 0 Å². The largest absolute Gasteiger partial charge is 0.464 e. The molecular weight excluding hydrogens is 176 g/mol. The Bertz CT molecular complexity index is 466. The van der Waals surface area contributed by atoms with Gasteiger partial charge in [-0.15, -0.1) is 0 Å². The summed E-state index contributed by atoms with van der Waals surface area (Å²) in [7, 11) is 0. The molecular formula is C12H12O2. The lowest BCUT2D eigenvalue weighted by molar-refractivity contribution is 0.151. The first kappa shape index (κ1) is 8.06. The summed E-state index contributed by atoms with van der Waals surface area (Å²) in [5.41, 5.74) is 1.60. The zero-order valence-electron chi connectivity index (χ0n) is 7.86. The van der Waals surface area contributed by atoms with E-state index >= 15 is 0 Å². The highest BCUT2D eigenvalue weighted by atomic mass is 16.3. The summed E-state index contributed by atoms with van der Waals surface area (Å²) in [4.78, 5) is 0. The van der Waals surface area contributed by atoms with Crippen LogP contribution in [-0.2, 0) is 6.42 Å². The smallest absolute Gasteiger partial charge is 0.137 e. The van der Waals surface area contributed by atoms with Gasteiger partial charge in [0.2, 0.25) is 0 Å². The van der Waals surface area contributed by atoms with Crippen LogP contribution in [0.4, 0.5) is 0 Å². The average Bonchev–Trinajstić information content (AvgIpc) is 2.73. The molecule has 0 saturated heterocycles. The first-order chi connectivity index (χ1) is 6.77. The van der Waals surface area contributed by atoms with Crippen molar-refractivity contribution in [1.29, 1.82) is 0 Å². The van der Waals surface area contributed by atoms with E-state index in [4.69, 9.17) is 4.42 Å². The lowest BCUT2D eigenvalue weighted by Crippen LogP contribution is -2.10. The number of benzene rings is 1. The molecule has 2 nitrogen and oxygen atoms in total. The second kappa shape index (κ2) is 2.61. The van der Waals surface area contributed by atoms with Crippen molar-refractivity contribution >= 4 is 11.0 Å². The highest BCUT2D eigenvalue weighted by molar-refractivity contribution is 5.80. The third kappa shape index (κ3) is 1.23. The molecule has 2 aromatic rings. The van der Waals surface area contributed by atoms with Crippen LogP contribution in [-0.4, -0.2) is 10.7 Å². The molecule has 2 heteroatoms. The zero-order chi connectivity index (χ0) is 9.60. The molecule has 1 N–H and O–H groups in total. The van der Waals surface area contributed by atoms with Gasteiger partial charge in [0.15, 0.2) is 0 Å². The molecule has 1 fully saturated rings. The minimum atomic E-state index is -0.443. The van der Waals surface area contributed by atoms with Gasteiger partial charge < -0.3 is 9.52 Å². The Hall–Kier alpha value is -1.28. The van der Waals surface area contributed by atoms with E-state index in [0.717, 1.165) is 35.8 Å². The molecule has 0 atom stereocenters. The molecule has 14 heavy (non-hydrogen) atoms. The zero-order valence-corrected chi connectivity index (χ0v) is 7.86. The quantitative estimate of drug-likeness (QED) is 0.785. The maximum Gasteiger partial charge on any atom is 0.137 e. The van der Waals surface area contributed by atoms with Gasteiger partial charge in [-0.1, -0.05) is 18.2 Å². The topological polar surface area (TPSA) is 33.4 Å². The highest BCUT2D eigenvalue weighted by Gasteiger charge is 2.40. The molecule has 0 bridgehead atoms. The molecule has 0 spiro atoms. The molecule has 1 aromatic carbocycles. The van der Waals surface area contributed by atoms with Gasteiger partial charge in [0, 0.05) is 11.8 Å². The third-order valence-corrected chi connectivity index (χ3v) is 2.91. The fourth-order valence-corrected chi connectivity index (χ4v) is 1.87. The second-order valence-corrected chi connectivity index (χ2v) is 4.16. The lowest BCUT2D eigenvalue weighted by atomic mass is 10.0. The van der Waals surface area contributed by atoms with E-state index in [2.05, 4.69) is 0 Å². The van der Waals surface area contributed by atoms with E-state index in [1.165, 1.54) is 0 Å². The monoisotopic (exact) mass is 188 g/mol. The first-order valence-electron chi connectivity index (χ1n) is 4.94. The van der Waals surface area contributed by atoms with Crippen LogP contribution in [0, 0.1) is 0 Å². The van der Waals surface area contributed by atoms with E-state index in [-0.39, 0.29) is 0 Å². The van der Waals surface area contributed by atoms with Crippen molar-refractivity contribution in [1.82, 2.24) is 0 Å². The Morgan fingerprint density at radius 2 is 2.14 bits per heavy atom. The van der Waals surface area contributed by atoms with E-state index in [1.807, 2.05) is 24.3 Å². The second-order valence-electron chi connectivity index (χ2n) is 4.16. The Kier molecular flexibility index (Phi) is 1.50. The van der Waals surface area contributed by atoms with Gasteiger partial charge in [-0.2, -0.15) is 0 Å². The first-order valence-corrected chi connectivity index (χ1v) is 4.94. The van der Waals surface area contributed by atoms with E-state index in [1.54, 1.807) is 6.26 Å². The molecule has 1 saturated carbocycles. The molecule has 72 valence electrons. The van der Waals surface area contributed by atoms with Gasteiger partial charge in [0.1, 0.15) is 5.58 Å². The van der Waals surface area contributed by atoms with Crippen molar-refractivity contribution < 1.29 is 9.52 Å². The summed E-state index contributed by atoms with van der Waals surface area (Å²) >= 11 is 0. The Morgan fingerprint density at radius 3 is 2.93 bits per heavy atom. The number of hydrogen-bond donors (Lipinski definition) is 1. The molecule has 0 amide bonds. The normalized spacial score (nSPS) is 18.6. The molecule has 1 aromatic heterocycles. The standard InChI is InChI=1S/C12H12O2/c13-12(5-6-12)8-10-3-1-2-9-4-7-14-11(9)10/h1-4,7,13H,5-6,8H2. The SMILES string of the molecule is OC1(Cc2cccc3ccoc23)CC1. The van der Waals surface area contributed by atoms with Crippen LogP contribution in [0.25, 0.3) is 11.0 Å². The minimum Gasteiger partial charge on any atom is -0.464 e. The van der Waals surface area contributed by atoms with E-state index < -0.39 is 5.60 Å². The van der Waals surface area contributed by atoms with Crippen molar-refractivity contribution in [3.63, 3.8) is 0 Å². The number of rotatable bonds is 2. The van der Waals surface area contributed by atoms with Crippen LogP contribution in [0.2, 0.25) is 0 Å². The molecule has 0 aliphatic heterocycles. The number of fused-ring (bicyclic) bond motifs is 1. The van der Waals surface area contributed by atoms with E-state index in [0.29, 0.717) is 0 Å². The fourth-order valence-electron chi connectivity index (χ4n) is 1.87. The Morgan fingerprint density at radius 1 is 1.29 bits per heavy atom. The number of aliphatic hydroxyl groups is 1. The molecule has 1 heterocycles. The maximum absolute atomic E-state index is 9.84. The summed E-state index contributed by atoms with van der Waals surface area (Å²) in [6.07, 6.45) is 4.26. The van der Waals surface area contributed by atoms with Crippen LogP contribution >= 0.6 is 0 Å². The summed E-state index contributed by atoms with van der Waals surface area (Å²) in [5, 5.41) is 11.0. The predicted octanol–water partition coefficient (Wildman–Crippen LogP) is 2.50. The van der Waals surface area contributed by atoms with Gasteiger partial charge in [0.25, 0.3) is 0 Å². The molecule has 1 aliphatic carbocycles. The van der Waals surface area contributed by atoms with Crippen LogP contribution in [0.1, 0.15) is 18.4 Å². The molecule has 3 rings (SSSR count). The van der Waals surface area contributed by atoms with Crippen molar-refractivity contribution in [2.24, 2.45) is 0 Å². The van der Waals surface area contributed by atoms with Gasteiger partial charge in [0.05, 0.1) is 11.9 Å². The Labute approximate surface area is 82.2 Å². The predicted molar refractivity (Wildman–Crippen MR) is 54.1 cm³/mol. The lowest BCUT2D eigenvalue weighted by Gasteiger charge is -2.07. The van der Waals surface area contributed by atoms with Crippen LogP contribution < -0.4 is 0 Å². The molecule has 0 unspecified atom stereocenters. The fraction of sp³-hybridized carbons (Fsp3) is 0.333. The summed E-state index contributed by atoms with van der Waals surface area (Å²) in [6.45, 7) is 0. The highest BCUT2D eigenvalue weighted by Crippen LogP contribution is 2.39. The number of hydrogen-bond acceptors (Lipinski definition) is 2. The van der Waals surface area contributed by atoms with Crippen molar-refractivity contribution in [3.8, 4) is 0 Å². The van der Waals surface area contributed by atoms with Gasteiger partial charge in [-0.3, -0.25) is 0 Å². The van der Waals surface area contributed by atoms with Crippen molar-refractivity contribution in [2.45, 2.75) is 24.9 Å². The van der Waals surface area contributed by atoms with Crippen molar-refractivity contribution in [2.75, 3.05) is 0 Å². The molecule has 0 radical (unpaired) electrons. The van der Waals surface area contributed by atoms with Crippen LogP contribution in [0.3, 0.4) is 0 Å². The maximum atomic E-state index is 9.84. The third-order valence-electron chi connectivity index (χ3n) is 2.91. The van der Waals surface area contributed by atoms with Crippen LogP contribution in [0.15, 0.2) is 34.9 Å². The molecule has 1 aliphatic rings.